The molecule has 1 fully saturated rings. The zero-order valence-corrected chi connectivity index (χ0v) is 13.0. The van der Waals surface area contributed by atoms with Crippen molar-refractivity contribution >= 4 is 21.5 Å². The molecule has 2 aromatic carbocycles. The maximum absolute atomic E-state index is 12.4. The monoisotopic (exact) mass is 326 g/mol. The third-order valence-electron chi connectivity index (χ3n) is 3.67. The van der Waals surface area contributed by atoms with E-state index < -0.39 is 10.0 Å². The summed E-state index contributed by atoms with van der Waals surface area (Å²) in [7, 11) is -3.85. The fourth-order valence-electron chi connectivity index (χ4n) is 2.29. The second-order valence-electron chi connectivity index (χ2n) is 5.43. The summed E-state index contributed by atoms with van der Waals surface area (Å²) in [6, 6.07) is 14.2. The van der Waals surface area contributed by atoms with Gasteiger partial charge in [0.2, 0.25) is 0 Å². The van der Waals surface area contributed by atoms with Crippen molar-refractivity contribution in [3.8, 4) is 6.07 Å². The van der Waals surface area contributed by atoms with Crippen LogP contribution in [0.4, 0.5) is 5.69 Å². The summed E-state index contributed by atoms with van der Waals surface area (Å²) < 4.78 is 27.2. The molecule has 1 aliphatic carbocycles. The number of hydrogen-bond acceptors (Lipinski definition) is 4. The molecular weight excluding hydrogens is 312 g/mol. The Morgan fingerprint density at radius 1 is 1.09 bits per heavy atom. The minimum Gasteiger partial charge on any atom is -0.294 e. The molecule has 0 saturated heterocycles. The van der Waals surface area contributed by atoms with Crippen LogP contribution in [0.15, 0.2) is 53.4 Å². The molecule has 0 aliphatic heterocycles. The molecule has 0 amide bonds. The van der Waals surface area contributed by atoms with Crippen LogP contribution in [0.5, 0.6) is 0 Å². The van der Waals surface area contributed by atoms with Gasteiger partial charge in [-0.3, -0.25) is 9.52 Å². The molecule has 5 nitrogen and oxygen atoms in total. The van der Waals surface area contributed by atoms with Crippen molar-refractivity contribution in [2.45, 2.75) is 17.7 Å². The quantitative estimate of drug-likeness (QED) is 0.856. The first-order chi connectivity index (χ1) is 11.0. The highest BCUT2D eigenvalue weighted by atomic mass is 32.2. The number of rotatable bonds is 5. The zero-order chi connectivity index (χ0) is 16.4. The Hall–Kier alpha value is -2.65. The predicted octanol–water partition coefficient (Wildman–Crippen LogP) is 2.95. The van der Waals surface area contributed by atoms with Crippen LogP contribution in [0, 0.1) is 17.2 Å². The van der Waals surface area contributed by atoms with E-state index in [1.807, 2.05) is 6.07 Å². The summed E-state index contributed by atoms with van der Waals surface area (Å²) in [5, 5.41) is 9.02. The van der Waals surface area contributed by atoms with Crippen LogP contribution in [-0.4, -0.2) is 14.2 Å². The Balaban J connectivity index is 1.83. The first-order valence-corrected chi connectivity index (χ1v) is 8.66. The highest BCUT2D eigenvalue weighted by Crippen LogP contribution is 2.32. The molecule has 0 aromatic heterocycles. The van der Waals surface area contributed by atoms with Gasteiger partial charge in [-0.25, -0.2) is 8.42 Å². The number of anilines is 1. The van der Waals surface area contributed by atoms with Gasteiger partial charge in [0.1, 0.15) is 11.0 Å². The van der Waals surface area contributed by atoms with Gasteiger partial charge in [0.15, 0.2) is 5.78 Å². The van der Waals surface area contributed by atoms with E-state index in [2.05, 4.69) is 4.72 Å². The summed E-state index contributed by atoms with van der Waals surface area (Å²) in [6.07, 6.45) is 1.86. The van der Waals surface area contributed by atoms with Crippen molar-refractivity contribution in [3.63, 3.8) is 0 Å². The molecule has 0 bridgehead atoms. The van der Waals surface area contributed by atoms with Crippen LogP contribution in [0.1, 0.15) is 28.8 Å². The Morgan fingerprint density at radius 3 is 2.35 bits per heavy atom. The van der Waals surface area contributed by atoms with Gasteiger partial charge >= 0.3 is 0 Å². The first-order valence-electron chi connectivity index (χ1n) is 7.17. The highest BCUT2D eigenvalue weighted by Gasteiger charge is 2.30. The van der Waals surface area contributed by atoms with Gasteiger partial charge in [-0.2, -0.15) is 5.26 Å². The molecule has 1 N–H and O–H groups in total. The molecule has 116 valence electrons. The summed E-state index contributed by atoms with van der Waals surface area (Å²) >= 11 is 0. The van der Waals surface area contributed by atoms with Gasteiger partial charge < -0.3 is 0 Å². The van der Waals surface area contributed by atoms with Gasteiger partial charge in [-0.1, -0.05) is 12.1 Å². The molecule has 23 heavy (non-hydrogen) atoms. The molecule has 1 aliphatic rings. The number of nitrogens with one attached hydrogen (secondary N) is 1. The Kier molecular flexibility index (Phi) is 3.89. The Morgan fingerprint density at radius 2 is 1.74 bits per heavy atom. The number of nitriles is 1. The van der Waals surface area contributed by atoms with Crippen molar-refractivity contribution in [1.82, 2.24) is 0 Å². The van der Waals surface area contributed by atoms with Crippen LogP contribution < -0.4 is 4.72 Å². The van der Waals surface area contributed by atoms with Crippen LogP contribution in [0.25, 0.3) is 0 Å². The third-order valence-corrected chi connectivity index (χ3v) is 5.11. The number of nitrogens with zero attached hydrogens (tertiary/aromatic N) is 1. The number of sulfonamides is 1. The Bertz CT molecular complexity index is 892. The van der Waals surface area contributed by atoms with E-state index >= 15 is 0 Å². The van der Waals surface area contributed by atoms with Crippen molar-refractivity contribution in [2.24, 2.45) is 5.92 Å². The van der Waals surface area contributed by atoms with Gasteiger partial charge in [-0.05, 0) is 49.2 Å². The Labute approximate surface area is 134 Å². The SMILES string of the molecule is N#Cc1ccccc1S(=O)(=O)Nc1ccc(C(=O)C2CC2)cc1. The zero-order valence-electron chi connectivity index (χ0n) is 12.2. The lowest BCUT2D eigenvalue weighted by Gasteiger charge is -2.09. The van der Waals surface area contributed by atoms with Crippen molar-refractivity contribution in [2.75, 3.05) is 4.72 Å². The fraction of sp³-hybridized carbons (Fsp3) is 0.176. The first kappa shape index (κ1) is 15.3. The molecule has 6 heteroatoms. The largest absolute Gasteiger partial charge is 0.294 e. The summed E-state index contributed by atoms with van der Waals surface area (Å²) in [5.74, 6) is 0.231. The standard InChI is InChI=1S/C17H14N2O3S/c18-11-14-3-1-2-4-16(14)23(21,22)19-15-9-7-13(8-10-15)17(20)12-5-6-12/h1-4,7-10,12,19H,5-6H2. The fourth-order valence-corrected chi connectivity index (χ4v) is 3.50. The normalized spacial score (nSPS) is 14.0. The van der Waals surface area contributed by atoms with Crippen LogP contribution in [0.2, 0.25) is 0 Å². The van der Waals surface area contributed by atoms with E-state index in [-0.39, 0.29) is 22.2 Å². The van der Waals surface area contributed by atoms with E-state index in [0.717, 1.165) is 12.8 Å². The smallest absolute Gasteiger partial charge is 0.263 e. The van der Waals surface area contributed by atoms with E-state index in [4.69, 9.17) is 5.26 Å². The van der Waals surface area contributed by atoms with Crippen molar-refractivity contribution in [3.05, 3.63) is 59.7 Å². The minimum atomic E-state index is -3.85. The lowest BCUT2D eigenvalue weighted by atomic mass is 10.1. The maximum atomic E-state index is 12.4. The molecule has 0 heterocycles. The van der Waals surface area contributed by atoms with Crippen molar-refractivity contribution in [1.29, 1.82) is 5.26 Å². The average Bonchev–Trinajstić information content (AvgIpc) is 3.39. The molecule has 0 radical (unpaired) electrons. The molecule has 0 atom stereocenters. The summed E-state index contributed by atoms with van der Waals surface area (Å²) in [4.78, 5) is 11.9. The molecule has 0 unspecified atom stereocenters. The maximum Gasteiger partial charge on any atom is 0.263 e. The molecule has 0 spiro atoms. The molecule has 2 aromatic rings. The average molecular weight is 326 g/mol. The second-order valence-corrected chi connectivity index (χ2v) is 7.08. The third kappa shape index (κ3) is 3.25. The molecule has 3 rings (SSSR count). The number of benzene rings is 2. The molecule has 1 saturated carbocycles. The lowest BCUT2D eigenvalue weighted by Crippen LogP contribution is -2.14. The highest BCUT2D eigenvalue weighted by molar-refractivity contribution is 7.92. The number of carbonyl (C=O) groups is 1. The number of hydrogen-bond donors (Lipinski definition) is 1. The van der Waals surface area contributed by atoms with Crippen LogP contribution in [-0.2, 0) is 10.0 Å². The summed E-state index contributed by atoms with van der Waals surface area (Å²) in [6.45, 7) is 0. The van der Waals surface area contributed by atoms with Gasteiger partial charge in [0, 0.05) is 17.2 Å². The topological polar surface area (TPSA) is 87.0 Å². The molecular formula is C17H14N2O3S. The minimum absolute atomic E-state index is 0.0689. The number of carbonyl (C=O) groups excluding carboxylic acids is 1. The van der Waals surface area contributed by atoms with E-state index in [0.29, 0.717) is 11.3 Å². The second kappa shape index (κ2) is 5.86. The van der Waals surface area contributed by atoms with Gasteiger partial charge in [0.25, 0.3) is 10.0 Å². The number of ketones is 1. The van der Waals surface area contributed by atoms with Gasteiger partial charge in [-0.15, -0.1) is 0 Å². The van der Waals surface area contributed by atoms with Crippen LogP contribution >= 0.6 is 0 Å². The summed E-state index contributed by atoms with van der Waals surface area (Å²) in [5.41, 5.74) is 1.03. The van der Waals surface area contributed by atoms with E-state index in [1.54, 1.807) is 36.4 Å². The van der Waals surface area contributed by atoms with E-state index in [9.17, 15) is 13.2 Å². The van der Waals surface area contributed by atoms with Crippen molar-refractivity contribution < 1.29 is 13.2 Å². The predicted molar refractivity (Wildman–Crippen MR) is 85.5 cm³/mol. The van der Waals surface area contributed by atoms with Crippen LogP contribution in [0.3, 0.4) is 0 Å². The van der Waals surface area contributed by atoms with E-state index in [1.165, 1.54) is 12.1 Å². The lowest BCUT2D eigenvalue weighted by molar-refractivity contribution is 0.0967. The van der Waals surface area contributed by atoms with Gasteiger partial charge in [0.05, 0.1) is 5.56 Å². The number of Topliss-reactive ketones (excluding diaryl/α,β-unsaturated/α-hetero) is 1.